The average molecular weight is 158 g/mol. The zero-order valence-electron chi connectivity index (χ0n) is 6.49. The third-order valence-corrected chi connectivity index (χ3v) is 1.92. The van der Waals surface area contributed by atoms with Crippen molar-refractivity contribution in [2.75, 3.05) is 19.6 Å². The van der Waals surface area contributed by atoms with Crippen molar-refractivity contribution in [2.45, 2.75) is 18.9 Å². The molecule has 0 aliphatic carbocycles. The smallest absolute Gasteiger partial charge is 0.236 e. The van der Waals surface area contributed by atoms with Crippen molar-refractivity contribution in [3.8, 4) is 0 Å². The van der Waals surface area contributed by atoms with Gasteiger partial charge in [0, 0.05) is 13.1 Å². The Morgan fingerprint density at radius 3 is 3.00 bits per heavy atom. The van der Waals surface area contributed by atoms with E-state index in [2.05, 4.69) is 0 Å². The molecule has 0 aromatic heterocycles. The maximum atomic E-state index is 11.0. The van der Waals surface area contributed by atoms with E-state index in [1.165, 1.54) is 0 Å². The highest BCUT2D eigenvalue weighted by Crippen LogP contribution is 2.08. The van der Waals surface area contributed by atoms with Crippen LogP contribution in [0.5, 0.6) is 0 Å². The number of aliphatic hydroxyl groups excluding tert-OH is 1. The summed E-state index contributed by atoms with van der Waals surface area (Å²) in [6.07, 6.45) is 1.33. The van der Waals surface area contributed by atoms with E-state index < -0.39 is 0 Å². The summed E-state index contributed by atoms with van der Waals surface area (Å²) in [6.45, 7) is 1.25. The Bertz CT molecular complexity index is 149. The fraction of sp³-hybridized carbons (Fsp3) is 0.857. The molecule has 0 unspecified atom stereocenters. The summed E-state index contributed by atoms with van der Waals surface area (Å²) in [6, 6.07) is 0. The van der Waals surface area contributed by atoms with Crippen molar-refractivity contribution >= 4 is 5.91 Å². The summed E-state index contributed by atoms with van der Waals surface area (Å²) in [7, 11) is 0. The van der Waals surface area contributed by atoms with Crippen LogP contribution in [0.3, 0.4) is 0 Å². The molecule has 0 radical (unpaired) electrons. The fourth-order valence-electron chi connectivity index (χ4n) is 1.31. The van der Waals surface area contributed by atoms with E-state index in [1.807, 2.05) is 0 Å². The molecule has 4 nitrogen and oxygen atoms in total. The van der Waals surface area contributed by atoms with Gasteiger partial charge in [-0.25, -0.2) is 0 Å². The van der Waals surface area contributed by atoms with Gasteiger partial charge in [-0.1, -0.05) is 0 Å². The minimum atomic E-state index is -0.348. The van der Waals surface area contributed by atoms with Crippen LogP contribution in [-0.4, -0.2) is 41.7 Å². The molecule has 0 spiro atoms. The number of hydrogen-bond acceptors (Lipinski definition) is 3. The van der Waals surface area contributed by atoms with Crippen LogP contribution in [0.25, 0.3) is 0 Å². The van der Waals surface area contributed by atoms with Gasteiger partial charge < -0.3 is 15.7 Å². The van der Waals surface area contributed by atoms with Crippen LogP contribution in [0.1, 0.15) is 12.8 Å². The van der Waals surface area contributed by atoms with E-state index >= 15 is 0 Å². The summed E-state index contributed by atoms with van der Waals surface area (Å²) in [5.74, 6) is -0.0660. The second kappa shape index (κ2) is 3.69. The predicted molar refractivity (Wildman–Crippen MR) is 40.9 cm³/mol. The summed E-state index contributed by atoms with van der Waals surface area (Å²) >= 11 is 0. The summed E-state index contributed by atoms with van der Waals surface area (Å²) in [5, 5.41) is 9.19. The number of nitrogens with zero attached hydrogens (tertiary/aromatic N) is 1. The molecule has 1 atom stereocenters. The van der Waals surface area contributed by atoms with E-state index in [1.54, 1.807) is 4.90 Å². The van der Waals surface area contributed by atoms with Gasteiger partial charge >= 0.3 is 0 Å². The number of likely N-dealkylation sites (tertiary alicyclic amines) is 1. The maximum absolute atomic E-state index is 11.0. The number of rotatable bonds is 1. The molecule has 64 valence electrons. The molecule has 0 aromatic carbocycles. The molecule has 1 fully saturated rings. The zero-order chi connectivity index (χ0) is 8.27. The van der Waals surface area contributed by atoms with Gasteiger partial charge in [0.05, 0.1) is 12.6 Å². The van der Waals surface area contributed by atoms with Gasteiger partial charge in [-0.15, -0.1) is 0 Å². The van der Waals surface area contributed by atoms with Crippen molar-refractivity contribution in [3.05, 3.63) is 0 Å². The molecule has 0 aromatic rings. The highest BCUT2D eigenvalue weighted by Gasteiger charge is 2.20. The van der Waals surface area contributed by atoms with Crippen molar-refractivity contribution < 1.29 is 9.90 Å². The summed E-state index contributed by atoms with van der Waals surface area (Å²) in [5.41, 5.74) is 5.18. The Labute approximate surface area is 66.0 Å². The van der Waals surface area contributed by atoms with Crippen molar-refractivity contribution in [2.24, 2.45) is 5.73 Å². The zero-order valence-corrected chi connectivity index (χ0v) is 6.49. The molecule has 0 saturated carbocycles. The van der Waals surface area contributed by atoms with Gasteiger partial charge in [0.15, 0.2) is 0 Å². The summed E-state index contributed by atoms with van der Waals surface area (Å²) in [4.78, 5) is 12.6. The molecule has 3 N–H and O–H groups in total. The van der Waals surface area contributed by atoms with Crippen LogP contribution in [0.4, 0.5) is 0 Å². The normalized spacial score (nSPS) is 25.3. The fourth-order valence-corrected chi connectivity index (χ4v) is 1.31. The van der Waals surface area contributed by atoms with Crippen LogP contribution in [0.2, 0.25) is 0 Å². The third-order valence-electron chi connectivity index (χ3n) is 1.92. The lowest BCUT2D eigenvalue weighted by molar-refractivity contribution is -0.132. The number of nitrogens with two attached hydrogens (primary N) is 1. The molecule has 4 heteroatoms. The van der Waals surface area contributed by atoms with E-state index in [9.17, 15) is 9.90 Å². The molecule has 1 saturated heterocycles. The van der Waals surface area contributed by atoms with Crippen molar-refractivity contribution in [3.63, 3.8) is 0 Å². The highest BCUT2D eigenvalue weighted by molar-refractivity contribution is 5.78. The average Bonchev–Trinajstić information content (AvgIpc) is 2.03. The minimum Gasteiger partial charge on any atom is -0.391 e. The molecule has 0 bridgehead atoms. The first-order valence-electron chi connectivity index (χ1n) is 3.90. The molecule has 1 rings (SSSR count). The van der Waals surface area contributed by atoms with E-state index in [-0.39, 0.29) is 18.6 Å². The first-order chi connectivity index (χ1) is 5.24. The van der Waals surface area contributed by atoms with Crippen molar-refractivity contribution in [1.29, 1.82) is 0 Å². The van der Waals surface area contributed by atoms with Crippen LogP contribution >= 0.6 is 0 Å². The number of aliphatic hydroxyl groups is 1. The lowest BCUT2D eigenvalue weighted by Gasteiger charge is -2.29. The molecule has 1 aliphatic heterocycles. The van der Waals surface area contributed by atoms with E-state index in [4.69, 9.17) is 5.73 Å². The number of β-amino-alcohol motifs (C(OH)–C–C–N with tert-alkyl or cyclic N) is 1. The van der Waals surface area contributed by atoms with Crippen LogP contribution in [0, 0.1) is 0 Å². The number of amides is 1. The molecular formula is C7H14N2O2. The number of carbonyl (C=O) groups excluding carboxylic acids is 1. The molecular weight excluding hydrogens is 144 g/mol. The second-order valence-corrected chi connectivity index (χ2v) is 2.84. The lowest BCUT2D eigenvalue weighted by atomic mass is 10.1. The molecule has 1 amide bonds. The minimum absolute atomic E-state index is 0.0483. The third kappa shape index (κ3) is 2.17. The number of hydrogen-bond donors (Lipinski definition) is 2. The van der Waals surface area contributed by atoms with Crippen LogP contribution in [0.15, 0.2) is 0 Å². The monoisotopic (exact) mass is 158 g/mol. The van der Waals surface area contributed by atoms with Crippen LogP contribution in [-0.2, 0) is 4.79 Å². The first-order valence-corrected chi connectivity index (χ1v) is 3.90. The standard InChI is InChI=1S/C7H14N2O2/c8-4-7(11)9-3-1-2-6(10)5-9/h6,10H,1-5,8H2/t6-/m0/s1. The Morgan fingerprint density at radius 1 is 1.73 bits per heavy atom. The molecule has 1 aliphatic rings. The van der Waals surface area contributed by atoms with Gasteiger partial charge in [-0.3, -0.25) is 4.79 Å². The second-order valence-electron chi connectivity index (χ2n) is 2.84. The highest BCUT2D eigenvalue weighted by atomic mass is 16.3. The first kappa shape index (κ1) is 8.49. The van der Waals surface area contributed by atoms with Gasteiger partial charge in [0.1, 0.15) is 0 Å². The van der Waals surface area contributed by atoms with E-state index in [0.717, 1.165) is 19.4 Å². The number of carbonyl (C=O) groups is 1. The molecule has 11 heavy (non-hydrogen) atoms. The van der Waals surface area contributed by atoms with Gasteiger partial charge in [-0.2, -0.15) is 0 Å². The SMILES string of the molecule is NCC(=O)N1CCC[C@H](O)C1. The molecule has 1 heterocycles. The van der Waals surface area contributed by atoms with E-state index in [0.29, 0.717) is 6.54 Å². The topological polar surface area (TPSA) is 66.6 Å². The van der Waals surface area contributed by atoms with Crippen molar-refractivity contribution in [1.82, 2.24) is 4.90 Å². The lowest BCUT2D eigenvalue weighted by Crippen LogP contribution is -2.44. The maximum Gasteiger partial charge on any atom is 0.236 e. The Hall–Kier alpha value is -0.610. The van der Waals surface area contributed by atoms with Gasteiger partial charge in [0.2, 0.25) is 5.91 Å². The summed E-state index contributed by atoms with van der Waals surface area (Å²) < 4.78 is 0. The number of piperidine rings is 1. The Morgan fingerprint density at radius 2 is 2.45 bits per heavy atom. The van der Waals surface area contributed by atoms with Crippen LogP contribution < -0.4 is 5.73 Å². The predicted octanol–water partition coefficient (Wildman–Crippen LogP) is -1.07. The Kier molecular flexibility index (Phi) is 2.84. The van der Waals surface area contributed by atoms with Gasteiger partial charge in [0.25, 0.3) is 0 Å². The Balaban J connectivity index is 2.39. The quantitative estimate of drug-likeness (QED) is 0.510. The van der Waals surface area contributed by atoms with Gasteiger partial charge in [-0.05, 0) is 12.8 Å². The largest absolute Gasteiger partial charge is 0.391 e.